The molecule has 1 aliphatic heterocycles. The van der Waals surface area contributed by atoms with Gasteiger partial charge in [0.2, 0.25) is 0 Å². The van der Waals surface area contributed by atoms with Gasteiger partial charge in [-0.05, 0) is 29.7 Å². The van der Waals surface area contributed by atoms with Gasteiger partial charge in [0.25, 0.3) is 0 Å². The number of ether oxygens (including phenoxy) is 2. The fourth-order valence-corrected chi connectivity index (χ4v) is 4.88. The Bertz CT molecular complexity index is 966. The minimum atomic E-state index is -0.532. The summed E-state index contributed by atoms with van der Waals surface area (Å²) in [6.45, 7) is 2.13. The van der Waals surface area contributed by atoms with E-state index >= 15 is 0 Å². The highest BCUT2D eigenvalue weighted by Crippen LogP contribution is 2.43. The van der Waals surface area contributed by atoms with Gasteiger partial charge in [0, 0.05) is 18.3 Å². The van der Waals surface area contributed by atoms with Gasteiger partial charge < -0.3 is 14.6 Å². The molecule has 33 heavy (non-hydrogen) atoms. The number of benzene rings is 2. The number of aliphatic hydroxyl groups excluding tert-OH is 1. The minimum absolute atomic E-state index is 0.0187. The normalized spacial score (nSPS) is 25.1. The van der Waals surface area contributed by atoms with E-state index in [1.165, 1.54) is 0 Å². The van der Waals surface area contributed by atoms with Crippen LogP contribution in [0, 0.1) is 11.8 Å². The molecule has 1 saturated heterocycles. The summed E-state index contributed by atoms with van der Waals surface area (Å²) in [4.78, 5) is 24.7. The molecule has 0 aromatic heterocycles. The fraction of sp³-hybridized carbons (Fsp3) is 0.429. The lowest BCUT2D eigenvalue weighted by Gasteiger charge is -2.20. The molecule has 2 fully saturated rings. The van der Waals surface area contributed by atoms with Crippen LogP contribution in [0.4, 0.5) is 0 Å². The number of carbonyl (C=O) groups is 2. The minimum Gasteiger partial charge on any atom is -0.462 e. The summed E-state index contributed by atoms with van der Waals surface area (Å²) in [5.41, 5.74) is 2.61. The van der Waals surface area contributed by atoms with Crippen molar-refractivity contribution in [3.05, 3.63) is 72.3 Å². The molecule has 1 N–H and O–H groups in total. The molecule has 1 heterocycles. The summed E-state index contributed by atoms with van der Waals surface area (Å²) in [5.74, 6) is -0.745. The molecule has 2 aromatic carbocycles. The second-order valence-corrected chi connectivity index (χ2v) is 9.04. The van der Waals surface area contributed by atoms with E-state index in [1.807, 2.05) is 48.5 Å². The Morgan fingerprint density at radius 3 is 2.58 bits per heavy atom. The molecule has 1 saturated carbocycles. The van der Waals surface area contributed by atoms with Crippen LogP contribution < -0.4 is 0 Å². The SMILES string of the molecule is CCCCC[C@H](O)/C=C/[C@@H]1[C@H]2CC(=O)O[C@H]2C[C@H]1OC(=O)c1ccc(-c2ccccc2)cc1. The monoisotopic (exact) mass is 448 g/mol. The van der Waals surface area contributed by atoms with E-state index in [0.717, 1.165) is 30.4 Å². The number of esters is 2. The average Bonchev–Trinajstić information content (AvgIpc) is 3.33. The summed E-state index contributed by atoms with van der Waals surface area (Å²) >= 11 is 0. The number of rotatable bonds is 9. The van der Waals surface area contributed by atoms with Crippen LogP contribution in [0.25, 0.3) is 11.1 Å². The smallest absolute Gasteiger partial charge is 0.338 e. The molecule has 0 amide bonds. The highest BCUT2D eigenvalue weighted by Gasteiger charge is 2.50. The third kappa shape index (κ3) is 5.72. The van der Waals surface area contributed by atoms with E-state index in [4.69, 9.17) is 9.47 Å². The van der Waals surface area contributed by atoms with E-state index in [0.29, 0.717) is 24.8 Å². The van der Waals surface area contributed by atoms with Gasteiger partial charge in [-0.3, -0.25) is 4.79 Å². The summed E-state index contributed by atoms with van der Waals surface area (Å²) in [7, 11) is 0. The Morgan fingerprint density at radius 1 is 1.12 bits per heavy atom. The third-order valence-corrected chi connectivity index (χ3v) is 6.70. The largest absolute Gasteiger partial charge is 0.462 e. The van der Waals surface area contributed by atoms with Crippen LogP contribution in [-0.4, -0.2) is 35.4 Å². The van der Waals surface area contributed by atoms with Crippen LogP contribution in [0.2, 0.25) is 0 Å². The van der Waals surface area contributed by atoms with Crippen LogP contribution in [0.3, 0.4) is 0 Å². The number of hydrogen-bond acceptors (Lipinski definition) is 5. The van der Waals surface area contributed by atoms with Gasteiger partial charge in [0.05, 0.1) is 18.1 Å². The van der Waals surface area contributed by atoms with Crippen molar-refractivity contribution in [1.82, 2.24) is 0 Å². The molecule has 0 spiro atoms. The second-order valence-electron chi connectivity index (χ2n) is 9.04. The fourth-order valence-electron chi connectivity index (χ4n) is 4.88. The first kappa shape index (κ1) is 23.2. The Morgan fingerprint density at radius 2 is 1.85 bits per heavy atom. The van der Waals surface area contributed by atoms with Crippen LogP contribution in [0.5, 0.6) is 0 Å². The molecular formula is C28H32O5. The van der Waals surface area contributed by atoms with Crippen LogP contribution in [0.15, 0.2) is 66.7 Å². The maximum absolute atomic E-state index is 12.9. The van der Waals surface area contributed by atoms with E-state index in [2.05, 4.69) is 6.92 Å². The molecule has 0 bridgehead atoms. The lowest BCUT2D eigenvalue weighted by atomic mass is 9.91. The molecular weight excluding hydrogens is 416 g/mol. The highest BCUT2D eigenvalue weighted by molar-refractivity contribution is 5.90. The Balaban J connectivity index is 1.42. The number of carbonyl (C=O) groups excluding carboxylic acids is 2. The Labute approximate surface area is 195 Å². The van der Waals surface area contributed by atoms with E-state index in [-0.39, 0.29) is 36.0 Å². The zero-order valence-electron chi connectivity index (χ0n) is 19.1. The van der Waals surface area contributed by atoms with E-state index in [9.17, 15) is 14.7 Å². The molecule has 0 unspecified atom stereocenters. The zero-order valence-corrected chi connectivity index (χ0v) is 19.1. The first-order chi connectivity index (χ1) is 16.0. The maximum atomic E-state index is 12.9. The highest BCUT2D eigenvalue weighted by atomic mass is 16.6. The number of fused-ring (bicyclic) bond motifs is 1. The summed E-state index contributed by atoms with van der Waals surface area (Å²) < 4.78 is 11.4. The van der Waals surface area contributed by atoms with Gasteiger partial charge in [-0.1, -0.05) is 80.8 Å². The molecule has 5 atom stereocenters. The van der Waals surface area contributed by atoms with E-state index in [1.54, 1.807) is 18.2 Å². The molecule has 5 nitrogen and oxygen atoms in total. The Hall–Kier alpha value is -2.92. The van der Waals surface area contributed by atoms with Crippen molar-refractivity contribution < 1.29 is 24.2 Å². The summed E-state index contributed by atoms with van der Waals surface area (Å²) in [6.07, 6.45) is 7.26. The maximum Gasteiger partial charge on any atom is 0.338 e. The summed E-state index contributed by atoms with van der Waals surface area (Å²) in [6, 6.07) is 17.4. The van der Waals surface area contributed by atoms with Gasteiger partial charge in [0.15, 0.2) is 0 Å². The van der Waals surface area contributed by atoms with Gasteiger partial charge in [-0.25, -0.2) is 4.79 Å². The van der Waals surface area contributed by atoms with Crippen molar-refractivity contribution in [2.75, 3.05) is 0 Å². The van der Waals surface area contributed by atoms with Crippen molar-refractivity contribution in [3.8, 4) is 11.1 Å². The standard InChI is InChI=1S/C28H32O5/c1-2-3-5-10-22(29)15-16-23-24-17-27(30)32-26(24)18-25(23)33-28(31)21-13-11-20(12-14-21)19-8-6-4-7-9-19/h4,6-9,11-16,22-26,29H,2-3,5,10,17-18H2,1H3/b16-15+/t22-,23+,24+,25+,26-/m0/s1. The molecule has 174 valence electrons. The van der Waals surface area contributed by atoms with Gasteiger partial charge in [-0.2, -0.15) is 0 Å². The van der Waals surface area contributed by atoms with Crippen LogP contribution in [0.1, 0.15) is 55.8 Å². The van der Waals surface area contributed by atoms with Gasteiger partial charge in [0.1, 0.15) is 12.2 Å². The third-order valence-electron chi connectivity index (χ3n) is 6.70. The van der Waals surface area contributed by atoms with Crippen molar-refractivity contribution in [2.45, 2.75) is 63.8 Å². The molecule has 4 rings (SSSR count). The molecule has 2 aliphatic rings. The van der Waals surface area contributed by atoms with Crippen LogP contribution >= 0.6 is 0 Å². The van der Waals surface area contributed by atoms with Crippen molar-refractivity contribution >= 4 is 11.9 Å². The van der Waals surface area contributed by atoms with E-state index < -0.39 is 6.10 Å². The molecule has 1 aliphatic carbocycles. The first-order valence-electron chi connectivity index (χ1n) is 12.0. The predicted octanol–water partition coefficient (Wildman–Crippen LogP) is 5.33. The van der Waals surface area contributed by atoms with Gasteiger partial charge >= 0.3 is 11.9 Å². The van der Waals surface area contributed by atoms with Crippen molar-refractivity contribution in [2.24, 2.45) is 11.8 Å². The number of aliphatic hydroxyl groups is 1. The molecule has 0 radical (unpaired) electrons. The lowest BCUT2D eigenvalue weighted by molar-refractivity contribution is -0.141. The molecule has 5 heteroatoms. The Kier molecular flexibility index (Phi) is 7.61. The molecule has 2 aromatic rings. The topological polar surface area (TPSA) is 72.8 Å². The number of hydrogen-bond donors (Lipinski definition) is 1. The number of unbranched alkanes of at least 4 members (excludes halogenated alkanes) is 2. The second kappa shape index (κ2) is 10.8. The predicted molar refractivity (Wildman–Crippen MR) is 126 cm³/mol. The first-order valence-corrected chi connectivity index (χ1v) is 12.0. The quantitative estimate of drug-likeness (QED) is 0.319. The lowest BCUT2D eigenvalue weighted by Crippen LogP contribution is -2.25. The van der Waals surface area contributed by atoms with Crippen LogP contribution in [-0.2, 0) is 14.3 Å². The average molecular weight is 449 g/mol. The summed E-state index contributed by atoms with van der Waals surface area (Å²) in [5, 5.41) is 10.3. The van der Waals surface area contributed by atoms with Crippen molar-refractivity contribution in [1.29, 1.82) is 0 Å². The van der Waals surface area contributed by atoms with Gasteiger partial charge in [-0.15, -0.1) is 0 Å². The van der Waals surface area contributed by atoms with Crippen molar-refractivity contribution in [3.63, 3.8) is 0 Å². The zero-order chi connectivity index (χ0) is 23.2.